The zero-order chi connectivity index (χ0) is 20.9. The van der Waals surface area contributed by atoms with Gasteiger partial charge in [0.1, 0.15) is 12.5 Å². The van der Waals surface area contributed by atoms with Crippen molar-refractivity contribution < 1.29 is 23.6 Å². The van der Waals surface area contributed by atoms with Crippen LogP contribution in [0.1, 0.15) is 17.3 Å². The Morgan fingerprint density at radius 2 is 2.07 bits per heavy atom. The molecule has 28 heavy (non-hydrogen) atoms. The van der Waals surface area contributed by atoms with Crippen LogP contribution < -0.4 is 0 Å². The molecule has 8 nitrogen and oxygen atoms in total. The summed E-state index contributed by atoms with van der Waals surface area (Å²) in [4.78, 5) is 22.5. The molecular formula is C18H24FN3O5S. The fourth-order valence-corrected chi connectivity index (χ4v) is 3.01. The molecule has 0 saturated carbocycles. The lowest BCUT2D eigenvalue weighted by Gasteiger charge is -2.24. The van der Waals surface area contributed by atoms with E-state index in [2.05, 4.69) is 23.9 Å². The van der Waals surface area contributed by atoms with Gasteiger partial charge in [0, 0.05) is 29.1 Å². The first kappa shape index (κ1) is 21.8. The number of carbonyl (C=O) groups is 1. The predicted octanol–water partition coefficient (Wildman–Crippen LogP) is 3.44. The molecule has 10 heteroatoms. The number of ether oxygens (including phenoxy) is 2. The number of non-ortho nitro benzene ring substituents is 1. The summed E-state index contributed by atoms with van der Waals surface area (Å²) >= 11 is 0. The lowest BCUT2D eigenvalue weighted by atomic mass is 10.0. The molecule has 0 unspecified atom stereocenters. The van der Waals surface area contributed by atoms with Crippen molar-refractivity contribution in [3.05, 3.63) is 46.0 Å². The average Bonchev–Trinajstić information content (AvgIpc) is 3.05. The second-order valence-corrected chi connectivity index (χ2v) is 11.5. The molecule has 0 aliphatic rings. The number of hydrogen-bond acceptors (Lipinski definition) is 6. The van der Waals surface area contributed by atoms with Gasteiger partial charge in [0.05, 0.1) is 36.0 Å². The van der Waals surface area contributed by atoms with Gasteiger partial charge in [-0.1, -0.05) is 0 Å². The zero-order valence-corrected chi connectivity index (χ0v) is 17.1. The van der Waals surface area contributed by atoms with Gasteiger partial charge >= 0.3 is 5.97 Å². The van der Waals surface area contributed by atoms with Gasteiger partial charge in [0.15, 0.2) is 0 Å². The van der Waals surface area contributed by atoms with Gasteiger partial charge in [-0.05, 0) is 25.7 Å². The molecule has 0 radical (unpaired) electrons. The summed E-state index contributed by atoms with van der Waals surface area (Å²) in [6, 6.07) is 1.79. The second-order valence-electron chi connectivity index (χ2n) is 6.93. The van der Waals surface area contributed by atoms with Crippen molar-refractivity contribution in [1.29, 1.82) is 0 Å². The molecule has 0 atom stereocenters. The SMILES string of the molecule is CCOC(=O)c1cc([N+](=O)[O-])cc(F)c1-c1cnn(COCCS(C)(C)C)c1. The summed E-state index contributed by atoms with van der Waals surface area (Å²) < 4.78 is 26.6. The van der Waals surface area contributed by atoms with E-state index < -0.39 is 32.4 Å². The summed E-state index contributed by atoms with van der Waals surface area (Å²) in [7, 11) is -0.664. The number of rotatable bonds is 9. The highest BCUT2D eigenvalue weighted by molar-refractivity contribution is 8.32. The summed E-state index contributed by atoms with van der Waals surface area (Å²) in [5.41, 5.74) is -0.523. The normalized spacial score (nSPS) is 12.0. The first-order valence-corrected chi connectivity index (χ1v) is 11.6. The van der Waals surface area contributed by atoms with Crippen molar-refractivity contribution in [3.63, 3.8) is 0 Å². The molecule has 0 bridgehead atoms. The lowest BCUT2D eigenvalue weighted by molar-refractivity contribution is -0.385. The van der Waals surface area contributed by atoms with E-state index in [0.29, 0.717) is 12.2 Å². The van der Waals surface area contributed by atoms with Crippen LogP contribution in [0.5, 0.6) is 0 Å². The largest absolute Gasteiger partial charge is 0.462 e. The minimum atomic E-state index is -0.894. The van der Waals surface area contributed by atoms with Crippen LogP contribution in [0.25, 0.3) is 11.1 Å². The van der Waals surface area contributed by atoms with Crippen molar-refractivity contribution in [1.82, 2.24) is 9.78 Å². The first-order valence-electron chi connectivity index (χ1n) is 8.54. The minimum absolute atomic E-state index is 0.0610. The molecule has 0 fully saturated rings. The number of esters is 1. The molecule has 0 spiro atoms. The van der Waals surface area contributed by atoms with Crippen LogP contribution in [-0.2, 0) is 16.2 Å². The van der Waals surface area contributed by atoms with Gasteiger partial charge in [-0.3, -0.25) is 10.1 Å². The lowest BCUT2D eigenvalue weighted by Crippen LogP contribution is -2.10. The molecule has 0 saturated heterocycles. The Morgan fingerprint density at radius 1 is 1.36 bits per heavy atom. The van der Waals surface area contributed by atoms with E-state index in [1.807, 2.05) is 0 Å². The van der Waals surface area contributed by atoms with Gasteiger partial charge in [0.2, 0.25) is 0 Å². The minimum Gasteiger partial charge on any atom is -0.462 e. The van der Waals surface area contributed by atoms with Crippen molar-refractivity contribution in [2.45, 2.75) is 13.7 Å². The third kappa shape index (κ3) is 5.77. The molecule has 0 aliphatic heterocycles. The highest BCUT2D eigenvalue weighted by atomic mass is 32.3. The summed E-state index contributed by atoms with van der Waals surface area (Å²) in [5, 5.41) is 15.1. The summed E-state index contributed by atoms with van der Waals surface area (Å²) in [6.45, 7) is 2.41. The Kier molecular flexibility index (Phi) is 7.14. The number of benzene rings is 1. The highest BCUT2D eigenvalue weighted by Gasteiger charge is 2.24. The number of carbonyl (C=O) groups excluding carboxylic acids is 1. The van der Waals surface area contributed by atoms with E-state index in [1.165, 1.54) is 17.1 Å². The van der Waals surface area contributed by atoms with Crippen molar-refractivity contribution in [2.24, 2.45) is 0 Å². The van der Waals surface area contributed by atoms with Crippen LogP contribution in [-0.4, -0.2) is 58.4 Å². The predicted molar refractivity (Wildman–Crippen MR) is 106 cm³/mol. The van der Waals surface area contributed by atoms with Crippen LogP contribution in [0.3, 0.4) is 0 Å². The van der Waals surface area contributed by atoms with Crippen LogP contribution in [0.4, 0.5) is 10.1 Å². The van der Waals surface area contributed by atoms with Crippen LogP contribution in [0.2, 0.25) is 0 Å². The number of nitro benzene ring substituents is 1. The molecule has 1 heterocycles. The van der Waals surface area contributed by atoms with Crippen molar-refractivity contribution in [3.8, 4) is 11.1 Å². The Balaban J connectivity index is 2.28. The van der Waals surface area contributed by atoms with Gasteiger partial charge in [-0.2, -0.15) is 5.10 Å². The van der Waals surface area contributed by atoms with Gasteiger partial charge in [-0.25, -0.2) is 23.9 Å². The smallest absolute Gasteiger partial charge is 0.339 e. The van der Waals surface area contributed by atoms with Crippen molar-refractivity contribution in [2.75, 3.05) is 37.7 Å². The maximum absolute atomic E-state index is 14.6. The Bertz CT molecular complexity index is 863. The quantitative estimate of drug-likeness (QED) is 0.270. The van der Waals surface area contributed by atoms with Gasteiger partial charge < -0.3 is 9.47 Å². The maximum Gasteiger partial charge on any atom is 0.339 e. The molecule has 2 aromatic rings. The number of halogens is 1. The molecule has 0 N–H and O–H groups in total. The molecule has 154 valence electrons. The van der Waals surface area contributed by atoms with E-state index >= 15 is 0 Å². The molecule has 2 rings (SSSR count). The molecule has 0 aliphatic carbocycles. The van der Waals surface area contributed by atoms with Gasteiger partial charge in [-0.15, -0.1) is 0 Å². The Morgan fingerprint density at radius 3 is 2.68 bits per heavy atom. The third-order valence-electron chi connectivity index (χ3n) is 3.77. The average molecular weight is 413 g/mol. The highest BCUT2D eigenvalue weighted by Crippen LogP contribution is 2.34. The summed E-state index contributed by atoms with van der Waals surface area (Å²) in [6.07, 6.45) is 9.48. The molecular weight excluding hydrogens is 389 g/mol. The zero-order valence-electron chi connectivity index (χ0n) is 16.3. The number of aromatic nitrogens is 2. The van der Waals surface area contributed by atoms with Crippen LogP contribution in [0.15, 0.2) is 24.5 Å². The van der Waals surface area contributed by atoms with E-state index in [9.17, 15) is 19.3 Å². The van der Waals surface area contributed by atoms with Crippen LogP contribution in [0, 0.1) is 15.9 Å². The molecule has 1 aromatic carbocycles. The van der Waals surface area contributed by atoms with E-state index in [4.69, 9.17) is 9.47 Å². The second kappa shape index (κ2) is 9.16. The molecule has 0 amide bonds. The number of hydrogen-bond donors (Lipinski definition) is 0. The van der Waals surface area contributed by atoms with Gasteiger partial charge in [0.25, 0.3) is 5.69 Å². The Labute approximate surface area is 164 Å². The fourth-order valence-electron chi connectivity index (χ4n) is 2.39. The van der Waals surface area contributed by atoms with Crippen LogP contribution >= 0.6 is 10.0 Å². The first-order chi connectivity index (χ1) is 13.1. The Hall–Kier alpha value is -2.46. The molecule has 1 aromatic heterocycles. The number of nitrogens with zero attached hydrogens (tertiary/aromatic N) is 3. The van der Waals surface area contributed by atoms with E-state index in [-0.39, 0.29) is 24.5 Å². The maximum atomic E-state index is 14.6. The standard InChI is InChI=1S/C18H24FN3O5S/c1-5-27-18(23)15-8-14(22(24)25)9-16(19)17(15)13-10-20-21(11-13)12-26-6-7-28(2,3)4/h8-11H,5-7,12H2,1-4H3. The topological polar surface area (TPSA) is 96.5 Å². The van der Waals surface area contributed by atoms with E-state index in [0.717, 1.165) is 17.9 Å². The van der Waals surface area contributed by atoms with Crippen molar-refractivity contribution >= 4 is 21.7 Å². The van der Waals surface area contributed by atoms with E-state index in [1.54, 1.807) is 6.92 Å². The third-order valence-corrected chi connectivity index (χ3v) is 5.16. The monoisotopic (exact) mass is 413 g/mol. The fraction of sp³-hybridized carbons (Fsp3) is 0.444. The summed E-state index contributed by atoms with van der Waals surface area (Å²) in [5.74, 6) is -0.781. The number of nitro groups is 1.